The predicted octanol–water partition coefficient (Wildman–Crippen LogP) is 4.89. The first-order valence-electron chi connectivity index (χ1n) is 12.4. The number of nitrogens with one attached hydrogen (secondary N) is 1. The molecule has 0 radical (unpaired) electrons. The van der Waals surface area contributed by atoms with Gasteiger partial charge < -0.3 is 30.2 Å². The van der Waals surface area contributed by atoms with Crippen molar-refractivity contribution in [1.29, 1.82) is 0 Å². The van der Waals surface area contributed by atoms with E-state index in [1.54, 1.807) is 18.3 Å². The molecule has 8 nitrogen and oxygen atoms in total. The maximum atomic E-state index is 14.3. The van der Waals surface area contributed by atoms with E-state index in [0.29, 0.717) is 48.6 Å². The fourth-order valence-electron chi connectivity index (χ4n) is 4.01. The normalized spacial score (nSPS) is 14.1. The summed E-state index contributed by atoms with van der Waals surface area (Å²) in [6.45, 7) is 8.58. The molecule has 0 amide bonds. The van der Waals surface area contributed by atoms with Gasteiger partial charge in [-0.05, 0) is 49.5 Å². The highest BCUT2D eigenvalue weighted by molar-refractivity contribution is 5.69. The predicted molar refractivity (Wildman–Crippen MR) is 139 cm³/mol. The number of nitrogen functional groups attached to an aromatic ring is 1. The summed E-state index contributed by atoms with van der Waals surface area (Å²) >= 11 is 0. The Balaban J connectivity index is 1.42. The van der Waals surface area contributed by atoms with Gasteiger partial charge in [0.15, 0.2) is 11.6 Å². The molecule has 0 aliphatic carbocycles. The molecule has 0 unspecified atom stereocenters. The van der Waals surface area contributed by atoms with Crippen LogP contribution in [0.1, 0.15) is 26.7 Å². The number of halogens is 1. The zero-order valence-corrected chi connectivity index (χ0v) is 20.9. The third-order valence-electron chi connectivity index (χ3n) is 6.17. The van der Waals surface area contributed by atoms with Crippen molar-refractivity contribution in [2.24, 2.45) is 0 Å². The van der Waals surface area contributed by atoms with Gasteiger partial charge in [0.2, 0.25) is 5.95 Å². The molecule has 0 saturated carbocycles. The standard InChI is InChI=1S/C27H34FN5O3/c1-3-33(4-2)13-16-35-26-18-20(6-7-22(26)28)31-27-30-12-9-24(32-27)19-5-8-25(23(29)17-19)36-21-10-14-34-15-11-21/h5-9,12,17-18,21H,3-4,10-11,13-16,29H2,1-2H3,(H,30,31,32). The number of anilines is 3. The molecule has 3 aromatic rings. The van der Waals surface area contributed by atoms with Crippen molar-refractivity contribution in [3.8, 4) is 22.8 Å². The van der Waals surface area contributed by atoms with Crippen LogP contribution in [0.15, 0.2) is 48.7 Å². The molecule has 2 aromatic carbocycles. The SMILES string of the molecule is CCN(CC)CCOc1cc(Nc2nccc(-c3ccc(OC4CCOCC4)c(N)c3)n2)ccc1F. The Hall–Kier alpha value is -3.43. The van der Waals surface area contributed by atoms with E-state index in [1.807, 2.05) is 24.3 Å². The van der Waals surface area contributed by atoms with Crippen molar-refractivity contribution in [2.75, 3.05) is 50.5 Å². The number of rotatable bonds is 11. The van der Waals surface area contributed by atoms with Gasteiger partial charge in [0, 0.05) is 42.9 Å². The Morgan fingerprint density at radius 2 is 1.89 bits per heavy atom. The van der Waals surface area contributed by atoms with Crippen LogP contribution in [0.3, 0.4) is 0 Å². The molecule has 36 heavy (non-hydrogen) atoms. The number of ether oxygens (including phenoxy) is 3. The van der Waals surface area contributed by atoms with Gasteiger partial charge in [-0.3, -0.25) is 0 Å². The van der Waals surface area contributed by atoms with Crippen LogP contribution in [0.25, 0.3) is 11.3 Å². The highest BCUT2D eigenvalue weighted by Crippen LogP contribution is 2.30. The van der Waals surface area contributed by atoms with Crippen LogP contribution < -0.4 is 20.5 Å². The summed E-state index contributed by atoms with van der Waals surface area (Å²) in [5.74, 6) is 0.830. The monoisotopic (exact) mass is 495 g/mol. The van der Waals surface area contributed by atoms with Gasteiger partial charge in [-0.15, -0.1) is 0 Å². The molecule has 1 aromatic heterocycles. The molecule has 4 rings (SSSR count). The number of hydrogen-bond donors (Lipinski definition) is 2. The van der Waals surface area contributed by atoms with Crippen LogP contribution in [0, 0.1) is 5.82 Å². The molecule has 1 aliphatic rings. The molecule has 1 aliphatic heterocycles. The summed E-state index contributed by atoms with van der Waals surface area (Å²) in [6.07, 6.45) is 3.49. The average molecular weight is 496 g/mol. The molecule has 0 bridgehead atoms. The van der Waals surface area contributed by atoms with Gasteiger partial charge in [-0.25, -0.2) is 14.4 Å². The Kier molecular flexibility index (Phi) is 8.91. The fourth-order valence-corrected chi connectivity index (χ4v) is 4.01. The van der Waals surface area contributed by atoms with Crippen molar-refractivity contribution in [3.05, 3.63) is 54.5 Å². The molecule has 2 heterocycles. The van der Waals surface area contributed by atoms with Gasteiger partial charge in [-0.1, -0.05) is 13.8 Å². The van der Waals surface area contributed by atoms with Crippen molar-refractivity contribution >= 4 is 17.3 Å². The fraction of sp³-hybridized carbons (Fsp3) is 0.407. The zero-order valence-electron chi connectivity index (χ0n) is 20.9. The summed E-state index contributed by atoms with van der Waals surface area (Å²) in [6, 6.07) is 12.1. The minimum absolute atomic E-state index is 0.114. The molecule has 0 spiro atoms. The molecule has 3 N–H and O–H groups in total. The van der Waals surface area contributed by atoms with Crippen LogP contribution in [0.5, 0.6) is 11.5 Å². The maximum absolute atomic E-state index is 14.3. The first kappa shape index (κ1) is 25.7. The first-order chi connectivity index (χ1) is 17.6. The lowest BCUT2D eigenvalue weighted by Crippen LogP contribution is -2.28. The number of aromatic nitrogens is 2. The summed E-state index contributed by atoms with van der Waals surface area (Å²) < 4.78 is 31.4. The maximum Gasteiger partial charge on any atom is 0.227 e. The molecular formula is C27H34FN5O3. The van der Waals surface area contributed by atoms with E-state index in [4.69, 9.17) is 19.9 Å². The molecule has 0 atom stereocenters. The topological polar surface area (TPSA) is 94.8 Å². The third kappa shape index (κ3) is 6.83. The minimum atomic E-state index is -0.409. The number of nitrogens with zero attached hydrogens (tertiary/aromatic N) is 3. The summed E-state index contributed by atoms with van der Waals surface area (Å²) in [5, 5.41) is 3.14. The van der Waals surface area contributed by atoms with Gasteiger partial charge in [0.1, 0.15) is 18.5 Å². The van der Waals surface area contributed by atoms with Gasteiger partial charge in [-0.2, -0.15) is 0 Å². The second-order valence-corrected chi connectivity index (χ2v) is 8.59. The molecular weight excluding hydrogens is 461 g/mol. The van der Waals surface area contributed by atoms with E-state index in [1.165, 1.54) is 6.07 Å². The molecule has 1 fully saturated rings. The smallest absolute Gasteiger partial charge is 0.227 e. The van der Waals surface area contributed by atoms with Crippen LogP contribution in [-0.2, 0) is 4.74 Å². The van der Waals surface area contributed by atoms with Crippen LogP contribution in [-0.4, -0.2) is 60.4 Å². The number of benzene rings is 2. The largest absolute Gasteiger partial charge is 0.489 e. The quantitative estimate of drug-likeness (QED) is 0.363. The highest BCUT2D eigenvalue weighted by Gasteiger charge is 2.17. The molecule has 192 valence electrons. The minimum Gasteiger partial charge on any atom is -0.489 e. The van der Waals surface area contributed by atoms with Crippen molar-refractivity contribution < 1.29 is 18.6 Å². The first-order valence-corrected chi connectivity index (χ1v) is 12.4. The van der Waals surface area contributed by atoms with E-state index in [2.05, 4.69) is 34.0 Å². The van der Waals surface area contributed by atoms with E-state index in [9.17, 15) is 4.39 Å². The second-order valence-electron chi connectivity index (χ2n) is 8.59. The molecule has 1 saturated heterocycles. The Labute approximate surface area is 211 Å². The number of likely N-dealkylation sites (N-methyl/N-ethyl adjacent to an activating group) is 1. The van der Waals surface area contributed by atoms with E-state index >= 15 is 0 Å². The van der Waals surface area contributed by atoms with Crippen LogP contribution in [0.4, 0.5) is 21.7 Å². The summed E-state index contributed by atoms with van der Waals surface area (Å²) in [7, 11) is 0. The van der Waals surface area contributed by atoms with E-state index in [-0.39, 0.29) is 11.9 Å². The lowest BCUT2D eigenvalue weighted by molar-refractivity contribution is 0.0259. The molecule has 9 heteroatoms. The number of hydrogen-bond acceptors (Lipinski definition) is 8. The lowest BCUT2D eigenvalue weighted by Gasteiger charge is -2.24. The zero-order chi connectivity index (χ0) is 25.3. The summed E-state index contributed by atoms with van der Waals surface area (Å²) in [4.78, 5) is 11.1. The summed E-state index contributed by atoms with van der Waals surface area (Å²) in [5.41, 5.74) is 9.01. The van der Waals surface area contributed by atoms with E-state index < -0.39 is 5.82 Å². The Bertz CT molecular complexity index is 1140. The number of nitrogens with two attached hydrogens (primary N) is 1. The lowest BCUT2D eigenvalue weighted by atomic mass is 10.1. The Morgan fingerprint density at radius 3 is 2.64 bits per heavy atom. The van der Waals surface area contributed by atoms with Gasteiger partial charge >= 0.3 is 0 Å². The second kappa shape index (κ2) is 12.5. The third-order valence-corrected chi connectivity index (χ3v) is 6.17. The van der Waals surface area contributed by atoms with Crippen molar-refractivity contribution in [3.63, 3.8) is 0 Å². The van der Waals surface area contributed by atoms with Crippen LogP contribution >= 0.6 is 0 Å². The van der Waals surface area contributed by atoms with Crippen molar-refractivity contribution in [1.82, 2.24) is 14.9 Å². The van der Waals surface area contributed by atoms with Crippen LogP contribution in [0.2, 0.25) is 0 Å². The van der Waals surface area contributed by atoms with Crippen molar-refractivity contribution in [2.45, 2.75) is 32.8 Å². The van der Waals surface area contributed by atoms with Gasteiger partial charge in [0.05, 0.1) is 24.6 Å². The average Bonchev–Trinajstić information content (AvgIpc) is 2.90. The van der Waals surface area contributed by atoms with Gasteiger partial charge in [0.25, 0.3) is 0 Å². The Morgan fingerprint density at radius 1 is 1.08 bits per heavy atom. The van der Waals surface area contributed by atoms with E-state index in [0.717, 1.165) is 38.0 Å². The highest BCUT2D eigenvalue weighted by atomic mass is 19.1.